The van der Waals surface area contributed by atoms with Crippen molar-refractivity contribution in [1.29, 1.82) is 0 Å². The van der Waals surface area contributed by atoms with Crippen LogP contribution in [0.4, 0.5) is 5.82 Å². The largest absolute Gasteiger partial charge is 0.369 e. The first-order chi connectivity index (χ1) is 7.92. The maximum atomic E-state index is 8.30. The number of nitrogens with zero attached hydrogens (tertiary/aromatic N) is 5. The topological polar surface area (TPSA) is 86.6 Å². The molecule has 0 fully saturated rings. The third-order valence-corrected chi connectivity index (χ3v) is 2.11. The Morgan fingerprint density at radius 2 is 2.24 bits per heavy atom. The highest BCUT2D eigenvalue weighted by atomic mass is 35.5. The summed E-state index contributed by atoms with van der Waals surface area (Å²) in [6.07, 6.45) is 1.56. The fourth-order valence-corrected chi connectivity index (χ4v) is 1.24. The minimum atomic E-state index is 0.118. The van der Waals surface area contributed by atoms with Crippen LogP contribution in [0.3, 0.4) is 0 Å². The molecule has 17 heavy (non-hydrogen) atoms. The second-order valence-electron chi connectivity index (χ2n) is 4.82. The number of aromatic nitrogens is 2. The van der Waals surface area contributed by atoms with Gasteiger partial charge in [0.05, 0.1) is 6.54 Å². The minimum Gasteiger partial charge on any atom is -0.369 e. The molecule has 0 aliphatic rings. The van der Waals surface area contributed by atoms with Crippen molar-refractivity contribution in [1.82, 2.24) is 9.97 Å². The van der Waals surface area contributed by atoms with E-state index in [4.69, 9.17) is 17.1 Å². The molecule has 6 nitrogen and oxygen atoms in total. The molecular weight excluding hydrogens is 240 g/mol. The Kier molecular flexibility index (Phi) is 4.54. The van der Waals surface area contributed by atoms with Gasteiger partial charge in [-0.1, -0.05) is 25.9 Å². The molecule has 0 radical (unpaired) electrons. The monoisotopic (exact) mass is 254 g/mol. The van der Waals surface area contributed by atoms with E-state index in [1.54, 1.807) is 6.20 Å². The Balaban J connectivity index is 2.86. The van der Waals surface area contributed by atoms with Crippen LogP contribution in [0.5, 0.6) is 0 Å². The molecule has 1 rings (SSSR count). The predicted octanol–water partition coefficient (Wildman–Crippen LogP) is 3.40. The van der Waals surface area contributed by atoms with Crippen LogP contribution in [0.15, 0.2) is 11.3 Å². The standard InChI is InChI=1S/C10H15ClN6/c1-10(2,3)6-14-8-7(5-15-17-12)4-13-9(11)16-8/h4H,5-6H2,1-3H3,(H,13,14,16). The van der Waals surface area contributed by atoms with Crippen molar-refractivity contribution >= 4 is 17.4 Å². The Morgan fingerprint density at radius 3 is 2.82 bits per heavy atom. The van der Waals surface area contributed by atoms with E-state index in [2.05, 4.69) is 46.1 Å². The van der Waals surface area contributed by atoms with Crippen molar-refractivity contribution in [3.63, 3.8) is 0 Å². The molecule has 1 N–H and O–H groups in total. The summed E-state index contributed by atoms with van der Waals surface area (Å²) in [4.78, 5) is 10.7. The summed E-state index contributed by atoms with van der Waals surface area (Å²) < 4.78 is 0. The number of halogens is 1. The molecule has 0 unspecified atom stereocenters. The first kappa shape index (κ1) is 13.5. The maximum absolute atomic E-state index is 8.30. The molecule has 1 aromatic heterocycles. The van der Waals surface area contributed by atoms with Crippen molar-refractivity contribution in [3.8, 4) is 0 Å². The molecule has 0 aliphatic heterocycles. The van der Waals surface area contributed by atoms with E-state index in [1.807, 2.05) is 0 Å². The first-order valence-electron chi connectivity index (χ1n) is 5.18. The lowest BCUT2D eigenvalue weighted by Gasteiger charge is -2.20. The van der Waals surface area contributed by atoms with E-state index < -0.39 is 0 Å². The summed E-state index contributed by atoms with van der Waals surface area (Å²) >= 11 is 5.74. The van der Waals surface area contributed by atoms with E-state index in [0.717, 1.165) is 12.1 Å². The molecule has 0 aromatic carbocycles. The number of azide groups is 1. The van der Waals surface area contributed by atoms with Gasteiger partial charge in [0.15, 0.2) is 0 Å². The smallest absolute Gasteiger partial charge is 0.224 e. The summed E-state index contributed by atoms with van der Waals surface area (Å²) in [5, 5.41) is 6.85. The van der Waals surface area contributed by atoms with Gasteiger partial charge in [0.2, 0.25) is 5.28 Å². The maximum Gasteiger partial charge on any atom is 0.224 e. The van der Waals surface area contributed by atoms with E-state index in [0.29, 0.717) is 5.82 Å². The molecular formula is C10H15ClN6. The molecule has 0 amide bonds. The van der Waals surface area contributed by atoms with Gasteiger partial charge < -0.3 is 5.32 Å². The van der Waals surface area contributed by atoms with Crippen LogP contribution in [0, 0.1) is 5.41 Å². The van der Waals surface area contributed by atoms with Crippen molar-refractivity contribution in [2.45, 2.75) is 27.3 Å². The summed E-state index contributed by atoms with van der Waals surface area (Å²) in [6.45, 7) is 7.27. The van der Waals surface area contributed by atoms with Crippen LogP contribution < -0.4 is 5.32 Å². The quantitative estimate of drug-likeness (QED) is 0.387. The van der Waals surface area contributed by atoms with Gasteiger partial charge in [0, 0.05) is 23.2 Å². The van der Waals surface area contributed by atoms with E-state index in [-0.39, 0.29) is 17.2 Å². The first-order valence-corrected chi connectivity index (χ1v) is 5.56. The predicted molar refractivity (Wildman–Crippen MR) is 67.8 cm³/mol. The molecule has 0 aliphatic carbocycles. The van der Waals surface area contributed by atoms with Gasteiger partial charge in [0.1, 0.15) is 5.82 Å². The van der Waals surface area contributed by atoms with E-state index in [9.17, 15) is 0 Å². The lowest BCUT2D eigenvalue weighted by atomic mass is 9.97. The van der Waals surface area contributed by atoms with Crippen molar-refractivity contribution in [3.05, 3.63) is 27.5 Å². The number of hydrogen-bond donors (Lipinski definition) is 1. The van der Waals surface area contributed by atoms with Gasteiger partial charge >= 0.3 is 0 Å². The summed E-state index contributed by atoms with van der Waals surface area (Å²) in [6, 6.07) is 0. The zero-order valence-electron chi connectivity index (χ0n) is 10.1. The molecule has 0 bridgehead atoms. The zero-order chi connectivity index (χ0) is 12.9. The number of nitrogens with one attached hydrogen (secondary N) is 1. The number of hydrogen-bond acceptors (Lipinski definition) is 4. The molecule has 92 valence electrons. The lowest BCUT2D eigenvalue weighted by molar-refractivity contribution is 0.442. The molecule has 7 heteroatoms. The van der Waals surface area contributed by atoms with Crippen LogP contribution in [-0.4, -0.2) is 16.5 Å². The Hall–Kier alpha value is -1.52. The highest BCUT2D eigenvalue weighted by Crippen LogP contribution is 2.19. The number of rotatable bonds is 4. The highest BCUT2D eigenvalue weighted by Gasteiger charge is 2.12. The van der Waals surface area contributed by atoms with Crippen LogP contribution in [-0.2, 0) is 6.54 Å². The SMILES string of the molecule is CC(C)(C)CNc1nc(Cl)ncc1CN=[N+]=[N-]. The van der Waals surface area contributed by atoms with Gasteiger partial charge in [-0.05, 0) is 22.5 Å². The molecule has 0 saturated carbocycles. The van der Waals surface area contributed by atoms with Crippen molar-refractivity contribution in [2.24, 2.45) is 10.5 Å². The fourth-order valence-electron chi connectivity index (χ4n) is 1.11. The molecule has 1 heterocycles. The summed E-state index contributed by atoms with van der Waals surface area (Å²) in [5.41, 5.74) is 9.15. The van der Waals surface area contributed by atoms with Crippen LogP contribution in [0.25, 0.3) is 10.4 Å². The number of anilines is 1. The average molecular weight is 255 g/mol. The highest BCUT2D eigenvalue weighted by molar-refractivity contribution is 6.28. The van der Waals surface area contributed by atoms with Gasteiger partial charge in [-0.25, -0.2) is 9.97 Å². The second kappa shape index (κ2) is 5.70. The minimum absolute atomic E-state index is 0.118. The average Bonchev–Trinajstić information content (AvgIpc) is 2.24. The third kappa shape index (κ3) is 4.89. The van der Waals surface area contributed by atoms with Crippen molar-refractivity contribution in [2.75, 3.05) is 11.9 Å². The third-order valence-electron chi connectivity index (χ3n) is 1.93. The van der Waals surface area contributed by atoms with Crippen molar-refractivity contribution < 1.29 is 0 Å². The summed E-state index contributed by atoms with van der Waals surface area (Å²) in [5.74, 6) is 0.618. The molecule has 0 spiro atoms. The molecule has 0 atom stereocenters. The van der Waals surface area contributed by atoms with Gasteiger partial charge in [0.25, 0.3) is 0 Å². The van der Waals surface area contributed by atoms with Gasteiger partial charge in [-0.15, -0.1) is 0 Å². The lowest BCUT2D eigenvalue weighted by Crippen LogP contribution is -2.20. The van der Waals surface area contributed by atoms with Crippen LogP contribution >= 0.6 is 11.6 Å². The Bertz CT molecular complexity index is 433. The van der Waals surface area contributed by atoms with E-state index >= 15 is 0 Å². The zero-order valence-corrected chi connectivity index (χ0v) is 10.9. The fraction of sp³-hybridized carbons (Fsp3) is 0.600. The molecule has 1 aromatic rings. The Morgan fingerprint density at radius 1 is 1.53 bits per heavy atom. The van der Waals surface area contributed by atoms with Crippen LogP contribution in [0.2, 0.25) is 5.28 Å². The van der Waals surface area contributed by atoms with E-state index in [1.165, 1.54) is 0 Å². The molecule has 0 saturated heterocycles. The van der Waals surface area contributed by atoms with Crippen LogP contribution in [0.1, 0.15) is 26.3 Å². The van der Waals surface area contributed by atoms with Gasteiger partial charge in [-0.2, -0.15) is 0 Å². The second-order valence-corrected chi connectivity index (χ2v) is 5.15. The summed E-state index contributed by atoms with van der Waals surface area (Å²) in [7, 11) is 0. The normalized spacial score (nSPS) is 10.8. The van der Waals surface area contributed by atoms with Gasteiger partial charge in [-0.3, -0.25) is 0 Å². The Labute approximate surface area is 105 Å².